The molecule has 0 aliphatic carbocycles. The van der Waals surface area contributed by atoms with E-state index >= 15 is 0 Å². The summed E-state index contributed by atoms with van der Waals surface area (Å²) in [5, 5.41) is 0. The van der Waals surface area contributed by atoms with Gasteiger partial charge in [-0.1, -0.05) is 30.3 Å². The number of rotatable bonds is 9. The maximum absolute atomic E-state index is 12.9. The number of benzene rings is 2. The van der Waals surface area contributed by atoms with Gasteiger partial charge in [0, 0.05) is 43.5 Å². The van der Waals surface area contributed by atoms with Crippen LogP contribution in [-0.2, 0) is 11.2 Å². The smallest absolute Gasteiger partial charge is 0.227 e. The van der Waals surface area contributed by atoms with Crippen LogP contribution < -0.4 is 14.5 Å². The van der Waals surface area contributed by atoms with Gasteiger partial charge in [-0.2, -0.15) is 0 Å². The van der Waals surface area contributed by atoms with E-state index in [-0.39, 0.29) is 5.91 Å². The third-order valence-electron chi connectivity index (χ3n) is 5.61. The first-order valence-corrected chi connectivity index (χ1v) is 10.8. The number of ether oxygens (including phenoxy) is 1. The van der Waals surface area contributed by atoms with Gasteiger partial charge in [-0.05, 0) is 49.6 Å². The van der Waals surface area contributed by atoms with Gasteiger partial charge in [-0.25, -0.2) is 0 Å². The fourth-order valence-electron chi connectivity index (χ4n) is 4.05. The molecule has 0 N–H and O–H groups in total. The number of fused-ring (bicyclic) bond motifs is 1. The second-order valence-electron chi connectivity index (χ2n) is 7.63. The molecule has 0 bridgehead atoms. The van der Waals surface area contributed by atoms with Gasteiger partial charge in [0.25, 0.3) is 0 Å². The van der Waals surface area contributed by atoms with Gasteiger partial charge in [0.2, 0.25) is 5.91 Å². The highest BCUT2D eigenvalue weighted by atomic mass is 16.5. The summed E-state index contributed by atoms with van der Waals surface area (Å²) in [6, 6.07) is 16.2. The molecule has 0 radical (unpaired) electrons. The predicted octanol–water partition coefficient (Wildman–Crippen LogP) is 4.62. The lowest BCUT2D eigenvalue weighted by Crippen LogP contribution is -2.31. The lowest BCUT2D eigenvalue weighted by Gasteiger charge is -2.24. The van der Waals surface area contributed by atoms with E-state index in [1.54, 1.807) is 0 Å². The first-order valence-electron chi connectivity index (χ1n) is 10.8. The summed E-state index contributed by atoms with van der Waals surface area (Å²) in [6.45, 7) is 5.07. The third kappa shape index (κ3) is 4.73. The second kappa shape index (κ2) is 9.61. The number of carbonyl (C=O) groups is 1. The minimum absolute atomic E-state index is 0.141. The van der Waals surface area contributed by atoms with E-state index in [9.17, 15) is 4.79 Å². The standard InChI is InChI=1S/C25H29N3O2/c1-2-28(25(29)11-7-17-30-23-9-4-3-5-10-23)22-13-12-20-14-16-27(24(20)18-22)19-21-8-6-15-26-21/h3-5,8-10,12-13,15,18H,2,6-7,11,14,16-17,19H2,1H3. The Bertz CT molecular complexity index is 937. The zero-order valence-electron chi connectivity index (χ0n) is 17.6. The van der Waals surface area contributed by atoms with Crippen LogP contribution in [0.1, 0.15) is 31.7 Å². The maximum atomic E-state index is 12.9. The van der Waals surface area contributed by atoms with Gasteiger partial charge in [0.15, 0.2) is 0 Å². The number of hydrogen-bond donors (Lipinski definition) is 0. The summed E-state index contributed by atoms with van der Waals surface area (Å²) in [5.41, 5.74) is 4.69. The van der Waals surface area contributed by atoms with E-state index in [0.29, 0.717) is 26.0 Å². The van der Waals surface area contributed by atoms with Crippen LogP contribution in [0.2, 0.25) is 0 Å². The molecule has 0 spiro atoms. The van der Waals surface area contributed by atoms with Crippen molar-refractivity contribution < 1.29 is 9.53 Å². The van der Waals surface area contributed by atoms with Gasteiger partial charge in [-0.3, -0.25) is 9.79 Å². The van der Waals surface area contributed by atoms with Gasteiger partial charge in [0.1, 0.15) is 5.75 Å². The summed E-state index contributed by atoms with van der Waals surface area (Å²) in [6.07, 6.45) is 7.30. The molecule has 2 aromatic carbocycles. The molecule has 0 atom stereocenters. The molecule has 0 aromatic heterocycles. The van der Waals surface area contributed by atoms with Crippen molar-refractivity contribution >= 4 is 23.5 Å². The normalized spacial score (nSPS) is 14.6. The van der Waals surface area contributed by atoms with Crippen LogP contribution in [0.3, 0.4) is 0 Å². The van der Waals surface area contributed by atoms with Crippen molar-refractivity contribution in [1.82, 2.24) is 0 Å². The number of amides is 1. The van der Waals surface area contributed by atoms with E-state index < -0.39 is 0 Å². The molecule has 4 rings (SSSR count). The summed E-state index contributed by atoms with van der Waals surface area (Å²) in [4.78, 5) is 21.6. The lowest BCUT2D eigenvalue weighted by molar-refractivity contribution is -0.118. The Kier molecular flexibility index (Phi) is 6.47. The van der Waals surface area contributed by atoms with E-state index in [0.717, 1.165) is 43.1 Å². The maximum Gasteiger partial charge on any atom is 0.227 e. The predicted molar refractivity (Wildman–Crippen MR) is 123 cm³/mol. The zero-order chi connectivity index (χ0) is 20.8. The van der Waals surface area contributed by atoms with Crippen LogP contribution in [0, 0.1) is 0 Å². The first-order chi connectivity index (χ1) is 14.7. The monoisotopic (exact) mass is 403 g/mol. The van der Waals surface area contributed by atoms with E-state index in [2.05, 4.69) is 34.2 Å². The Balaban J connectivity index is 1.36. The van der Waals surface area contributed by atoms with E-state index in [1.807, 2.05) is 48.4 Å². The van der Waals surface area contributed by atoms with Crippen LogP contribution in [-0.4, -0.2) is 38.4 Å². The average molecular weight is 404 g/mol. The molecule has 0 fully saturated rings. The molecule has 0 saturated heterocycles. The summed E-state index contributed by atoms with van der Waals surface area (Å²) in [5.74, 6) is 0.986. The number of allylic oxidation sites excluding steroid dienone is 1. The van der Waals surface area contributed by atoms with Crippen molar-refractivity contribution in [2.24, 2.45) is 4.99 Å². The van der Waals surface area contributed by atoms with Crippen molar-refractivity contribution in [3.63, 3.8) is 0 Å². The summed E-state index contributed by atoms with van der Waals surface area (Å²) in [7, 11) is 0. The largest absolute Gasteiger partial charge is 0.494 e. The van der Waals surface area contributed by atoms with Crippen molar-refractivity contribution in [2.45, 2.75) is 32.6 Å². The topological polar surface area (TPSA) is 45.1 Å². The molecular formula is C25H29N3O2. The second-order valence-corrected chi connectivity index (χ2v) is 7.63. The van der Waals surface area contributed by atoms with Gasteiger partial charge in [-0.15, -0.1) is 0 Å². The zero-order valence-corrected chi connectivity index (χ0v) is 17.6. The van der Waals surface area contributed by atoms with Crippen LogP contribution in [0.25, 0.3) is 0 Å². The highest BCUT2D eigenvalue weighted by molar-refractivity contribution is 5.94. The Hall–Kier alpha value is -3.08. The van der Waals surface area contributed by atoms with Crippen LogP contribution in [0.15, 0.2) is 65.3 Å². The number of anilines is 2. The molecular weight excluding hydrogens is 374 g/mol. The minimum atomic E-state index is 0.141. The Morgan fingerprint density at radius 2 is 2.07 bits per heavy atom. The minimum Gasteiger partial charge on any atom is -0.494 e. The van der Waals surface area contributed by atoms with Gasteiger partial charge >= 0.3 is 0 Å². The highest BCUT2D eigenvalue weighted by Gasteiger charge is 2.23. The lowest BCUT2D eigenvalue weighted by atomic mass is 10.1. The number of hydrogen-bond acceptors (Lipinski definition) is 4. The highest BCUT2D eigenvalue weighted by Crippen LogP contribution is 2.33. The molecule has 2 heterocycles. The van der Waals surface area contributed by atoms with Crippen LogP contribution in [0.4, 0.5) is 11.4 Å². The van der Waals surface area contributed by atoms with Gasteiger partial charge in [0.05, 0.1) is 18.8 Å². The molecule has 0 saturated carbocycles. The number of para-hydroxylation sites is 1. The van der Waals surface area contributed by atoms with Crippen molar-refractivity contribution in [3.8, 4) is 5.75 Å². The van der Waals surface area contributed by atoms with Crippen LogP contribution in [0.5, 0.6) is 5.75 Å². The molecule has 0 unspecified atom stereocenters. The molecule has 156 valence electrons. The molecule has 2 aliphatic rings. The first kappa shape index (κ1) is 20.2. The molecule has 2 aromatic rings. The summed E-state index contributed by atoms with van der Waals surface area (Å²) >= 11 is 0. The Labute approximate surface area is 178 Å². The van der Waals surface area contributed by atoms with Crippen molar-refractivity contribution in [3.05, 3.63) is 65.9 Å². The molecule has 5 nitrogen and oxygen atoms in total. The van der Waals surface area contributed by atoms with Crippen molar-refractivity contribution in [1.29, 1.82) is 0 Å². The Morgan fingerprint density at radius 3 is 2.83 bits per heavy atom. The molecule has 30 heavy (non-hydrogen) atoms. The van der Waals surface area contributed by atoms with Crippen molar-refractivity contribution in [2.75, 3.05) is 36.0 Å². The number of nitrogens with zero attached hydrogens (tertiary/aromatic N) is 3. The van der Waals surface area contributed by atoms with E-state index in [4.69, 9.17) is 4.74 Å². The fourth-order valence-corrected chi connectivity index (χ4v) is 4.05. The number of carbonyl (C=O) groups excluding carboxylic acids is 1. The molecule has 2 aliphatic heterocycles. The quantitative estimate of drug-likeness (QED) is 0.574. The number of aliphatic imine (C=N–C) groups is 1. The molecule has 1 amide bonds. The van der Waals surface area contributed by atoms with E-state index in [1.165, 1.54) is 11.3 Å². The fraction of sp³-hybridized carbons (Fsp3) is 0.360. The molecule has 5 heteroatoms. The third-order valence-corrected chi connectivity index (χ3v) is 5.61. The Morgan fingerprint density at radius 1 is 1.20 bits per heavy atom. The summed E-state index contributed by atoms with van der Waals surface area (Å²) < 4.78 is 5.72. The average Bonchev–Trinajstić information content (AvgIpc) is 3.43. The van der Waals surface area contributed by atoms with Gasteiger partial charge < -0.3 is 14.5 Å². The SMILES string of the molecule is CCN(C(=O)CCCOc1ccccc1)c1ccc2c(c1)N(CC1=CCC=N1)CC2. The van der Waals surface area contributed by atoms with Crippen LogP contribution >= 0.6 is 0 Å².